The molecule has 0 fully saturated rings. The Bertz CT molecular complexity index is 2880. The highest BCUT2D eigenvalue weighted by Gasteiger charge is 2.31. The molecule has 0 N–H and O–H groups in total. The molecule has 0 unspecified atom stereocenters. The molecule has 0 atom stereocenters. The summed E-state index contributed by atoms with van der Waals surface area (Å²) >= 11 is 0. The molecule has 0 amide bonds. The first-order chi connectivity index (χ1) is 31.9. The van der Waals surface area contributed by atoms with Gasteiger partial charge in [-0.1, -0.05) is 16.5 Å². The Morgan fingerprint density at radius 3 is 1.55 bits per heavy atom. The van der Waals surface area contributed by atoms with Crippen LogP contribution in [0.5, 0.6) is 29.3 Å². The van der Waals surface area contributed by atoms with Gasteiger partial charge in [0.15, 0.2) is 0 Å². The van der Waals surface area contributed by atoms with Crippen molar-refractivity contribution in [2.24, 2.45) is 0 Å². The summed E-state index contributed by atoms with van der Waals surface area (Å²) in [5.41, 5.74) is 3.90. The van der Waals surface area contributed by atoms with Crippen LogP contribution in [0.15, 0.2) is 122 Å². The van der Waals surface area contributed by atoms with E-state index in [9.17, 15) is 32.1 Å². The van der Waals surface area contributed by atoms with Crippen LogP contribution in [-0.4, -0.2) is 74.4 Å². The second kappa shape index (κ2) is 20.9. The zero-order chi connectivity index (χ0) is 46.6. The van der Waals surface area contributed by atoms with E-state index in [2.05, 4.69) is 45.3 Å². The second-order valence-electron chi connectivity index (χ2n) is 13.3. The quantitative estimate of drug-likeness (QED) is 0.0503. The lowest BCUT2D eigenvalue weighted by Gasteiger charge is -2.10. The predicted molar refractivity (Wildman–Crippen MR) is 223 cm³/mol. The van der Waals surface area contributed by atoms with Gasteiger partial charge in [0.25, 0.3) is 5.69 Å². The summed E-state index contributed by atoms with van der Waals surface area (Å²) in [4.78, 5) is 27.4. The summed E-state index contributed by atoms with van der Waals surface area (Å²) < 4.78 is 92.8. The zero-order valence-electron chi connectivity index (χ0n) is 34.5. The molecule has 66 heavy (non-hydrogen) atoms. The molecular formula is C43H34F5N11O7. The number of hydrogen-bond acceptors (Lipinski definition) is 15. The highest BCUT2D eigenvalue weighted by atomic mass is 19.4. The SMILES string of the molecule is CCOCn1nnc(-c2ccc(F)cc2)c1-c1ccnc(Oc2ccc(OC(F)(F)F)cc2)n1.CCOCn1nnc(-c2ccc(F)cc2)c1-c1ccnc(Oc2cccc([N+](=O)[O-])c2)n1. The number of benzene rings is 4. The van der Waals surface area contributed by atoms with E-state index in [4.69, 9.17) is 18.9 Å². The van der Waals surface area contributed by atoms with Crippen LogP contribution in [-0.2, 0) is 22.9 Å². The van der Waals surface area contributed by atoms with Crippen molar-refractivity contribution in [1.82, 2.24) is 49.9 Å². The van der Waals surface area contributed by atoms with E-state index < -0.39 is 17.1 Å². The molecule has 0 bridgehead atoms. The number of rotatable bonds is 16. The molecule has 0 aliphatic heterocycles. The van der Waals surface area contributed by atoms with Gasteiger partial charge in [0.05, 0.1) is 22.4 Å². The zero-order valence-corrected chi connectivity index (χ0v) is 34.5. The minimum Gasteiger partial charge on any atom is -0.424 e. The molecule has 0 saturated carbocycles. The van der Waals surface area contributed by atoms with Crippen molar-refractivity contribution >= 4 is 5.69 Å². The number of halogens is 5. The normalized spacial score (nSPS) is 11.1. The van der Waals surface area contributed by atoms with Crippen LogP contribution in [0.3, 0.4) is 0 Å². The molecule has 0 aliphatic carbocycles. The van der Waals surface area contributed by atoms with Gasteiger partial charge in [0, 0.05) is 42.8 Å². The van der Waals surface area contributed by atoms with Gasteiger partial charge in [-0.15, -0.1) is 23.4 Å². The van der Waals surface area contributed by atoms with Crippen LogP contribution in [0.2, 0.25) is 0 Å². The molecule has 8 rings (SSSR count). The predicted octanol–water partition coefficient (Wildman–Crippen LogP) is 9.46. The Morgan fingerprint density at radius 1 is 0.621 bits per heavy atom. The molecule has 0 spiro atoms. The number of ether oxygens (including phenoxy) is 5. The van der Waals surface area contributed by atoms with E-state index >= 15 is 0 Å². The average molecular weight is 912 g/mol. The van der Waals surface area contributed by atoms with Crippen molar-refractivity contribution < 1.29 is 50.6 Å². The fourth-order valence-corrected chi connectivity index (χ4v) is 5.90. The minimum absolute atomic E-state index is 0.0165. The Labute approximate surface area is 370 Å². The molecule has 18 nitrogen and oxygen atoms in total. The summed E-state index contributed by atoms with van der Waals surface area (Å²) in [5.74, 6) is -0.727. The molecule has 0 saturated heterocycles. The van der Waals surface area contributed by atoms with E-state index in [1.807, 2.05) is 13.8 Å². The van der Waals surface area contributed by atoms with E-state index in [0.29, 0.717) is 58.5 Å². The van der Waals surface area contributed by atoms with Gasteiger partial charge >= 0.3 is 18.4 Å². The minimum atomic E-state index is -4.79. The molecule has 4 aromatic carbocycles. The maximum atomic E-state index is 13.4. The third-order valence-electron chi connectivity index (χ3n) is 8.80. The first kappa shape index (κ1) is 45.7. The van der Waals surface area contributed by atoms with Crippen LogP contribution in [0.1, 0.15) is 13.8 Å². The summed E-state index contributed by atoms with van der Waals surface area (Å²) in [6, 6.07) is 25.3. The van der Waals surface area contributed by atoms with E-state index in [1.165, 1.54) is 76.4 Å². The van der Waals surface area contributed by atoms with Crippen LogP contribution >= 0.6 is 0 Å². The topological polar surface area (TPSA) is 202 Å². The molecule has 338 valence electrons. The number of aromatic nitrogens is 10. The van der Waals surface area contributed by atoms with Crippen LogP contribution < -0.4 is 14.2 Å². The largest absolute Gasteiger partial charge is 0.573 e. The second-order valence-corrected chi connectivity index (χ2v) is 13.3. The maximum Gasteiger partial charge on any atom is 0.573 e. The van der Waals surface area contributed by atoms with Crippen LogP contribution in [0.25, 0.3) is 45.3 Å². The number of non-ortho nitro benzene ring substituents is 1. The average Bonchev–Trinajstić information content (AvgIpc) is 3.94. The van der Waals surface area contributed by atoms with Crippen LogP contribution in [0, 0.1) is 21.7 Å². The molecule has 0 radical (unpaired) electrons. The number of nitro benzene ring substituents is 1. The highest BCUT2D eigenvalue weighted by Crippen LogP contribution is 2.33. The van der Waals surface area contributed by atoms with Crippen molar-refractivity contribution in [1.29, 1.82) is 0 Å². The van der Waals surface area contributed by atoms with Crippen molar-refractivity contribution in [3.05, 3.63) is 143 Å². The van der Waals surface area contributed by atoms with E-state index in [0.717, 1.165) is 12.1 Å². The summed E-state index contributed by atoms with van der Waals surface area (Å²) in [5, 5.41) is 27.7. The van der Waals surface area contributed by atoms with E-state index in [-0.39, 0.29) is 54.2 Å². The third kappa shape index (κ3) is 11.8. The number of nitrogens with zero attached hydrogens (tertiary/aromatic N) is 11. The Kier molecular flexibility index (Phi) is 14.5. The molecule has 4 aromatic heterocycles. The van der Waals surface area contributed by atoms with Gasteiger partial charge in [0.2, 0.25) is 0 Å². The van der Waals surface area contributed by atoms with Crippen LogP contribution in [0.4, 0.5) is 27.6 Å². The van der Waals surface area contributed by atoms with Crippen molar-refractivity contribution in [3.63, 3.8) is 0 Å². The van der Waals surface area contributed by atoms with Gasteiger partial charge in [0.1, 0.15) is 65.1 Å². The fraction of sp³-hybridized carbons (Fsp3) is 0.163. The summed E-state index contributed by atoms with van der Waals surface area (Å²) in [6.45, 7) is 4.83. The summed E-state index contributed by atoms with van der Waals surface area (Å²) in [7, 11) is 0. The number of alkyl halides is 3. The lowest BCUT2D eigenvalue weighted by atomic mass is 10.1. The molecule has 0 aliphatic rings. The maximum absolute atomic E-state index is 13.4. The first-order valence-electron chi connectivity index (χ1n) is 19.5. The van der Waals surface area contributed by atoms with E-state index in [1.54, 1.807) is 42.5 Å². The fourth-order valence-electron chi connectivity index (χ4n) is 5.90. The molecule has 23 heteroatoms. The molecular weight excluding hydrogens is 878 g/mol. The van der Waals surface area contributed by atoms with Gasteiger partial charge in [-0.25, -0.2) is 28.1 Å². The number of nitro groups is 1. The number of hydrogen-bond donors (Lipinski definition) is 0. The lowest BCUT2D eigenvalue weighted by Crippen LogP contribution is -2.16. The van der Waals surface area contributed by atoms with Gasteiger partial charge < -0.3 is 23.7 Å². The Hall–Kier alpha value is -8.31. The monoisotopic (exact) mass is 911 g/mol. The lowest BCUT2D eigenvalue weighted by molar-refractivity contribution is -0.384. The smallest absolute Gasteiger partial charge is 0.424 e. The van der Waals surface area contributed by atoms with Crippen molar-refractivity contribution in [3.8, 4) is 74.6 Å². The first-order valence-corrected chi connectivity index (χ1v) is 19.5. The van der Waals surface area contributed by atoms with Gasteiger partial charge in [-0.2, -0.15) is 9.97 Å². The van der Waals surface area contributed by atoms with Gasteiger partial charge in [-0.3, -0.25) is 10.1 Å². The molecule has 8 aromatic rings. The van der Waals surface area contributed by atoms with Crippen molar-refractivity contribution in [2.45, 2.75) is 33.7 Å². The Balaban J connectivity index is 0.000000197. The highest BCUT2D eigenvalue weighted by molar-refractivity contribution is 5.77. The van der Waals surface area contributed by atoms with Gasteiger partial charge in [-0.05, 0) is 105 Å². The molecule has 4 heterocycles. The third-order valence-corrected chi connectivity index (χ3v) is 8.80. The summed E-state index contributed by atoms with van der Waals surface area (Å²) in [6.07, 6.45) is -1.85. The Morgan fingerprint density at radius 2 is 1.09 bits per heavy atom. The standard InChI is InChI=1S/C22H17F4N5O3.C21H17FN6O4/c1-2-32-13-31-20(19(29-30-31)14-3-5-15(23)6-4-14)18-11-12-27-21(28-18)33-16-7-9-17(10-8-16)34-22(24,25)26;1-2-31-13-27-20(19(25-26-27)14-6-8-15(22)9-7-14)18-10-11-23-21(24-18)32-17-5-3-4-16(12-17)28(29)30/h3-12H,2,13H2,1H3;3-12H,2,13H2,1H3. The van der Waals surface area contributed by atoms with Crippen molar-refractivity contribution in [2.75, 3.05) is 13.2 Å².